The van der Waals surface area contributed by atoms with Crippen LogP contribution in [0.3, 0.4) is 0 Å². The lowest BCUT2D eigenvalue weighted by molar-refractivity contribution is -0.139. The average Bonchev–Trinajstić information content (AvgIpc) is 2.89. The number of sulfonamides is 1. The maximum atomic E-state index is 13.6. The first-order chi connectivity index (χ1) is 18.5. The Morgan fingerprint density at radius 2 is 1.51 bits per heavy atom. The van der Waals surface area contributed by atoms with E-state index in [9.17, 15) is 18.0 Å². The van der Waals surface area contributed by atoms with Gasteiger partial charge in [0, 0.05) is 18.6 Å². The second-order valence-electron chi connectivity index (χ2n) is 12.0. The van der Waals surface area contributed by atoms with Gasteiger partial charge in [0.25, 0.3) is 0 Å². The fourth-order valence-corrected chi connectivity index (χ4v) is 8.61. The van der Waals surface area contributed by atoms with Crippen LogP contribution in [0, 0.1) is 17.8 Å². The molecule has 0 heterocycles. The molecule has 39 heavy (non-hydrogen) atoms. The SMILES string of the molecule is CNC(=O)C(C)N(Cc1ccc(Cl)cc1)C(=O)CN(c1ccc(C23CC4CC(CC(C4)C2)C3)cc1)S(C)(=O)=O. The van der Waals surface area contributed by atoms with Crippen molar-refractivity contribution < 1.29 is 18.0 Å². The summed E-state index contributed by atoms with van der Waals surface area (Å²) in [6.45, 7) is 1.38. The molecule has 2 amide bonds. The predicted octanol–water partition coefficient (Wildman–Crippen LogP) is 4.74. The number of carbonyl (C=O) groups is 2. The standard InChI is InChI=1S/C30H38ClN3O4S/c1-20(29(36)32-2)33(18-21-4-8-26(31)9-5-21)28(35)19-34(39(3,37)38)27-10-6-25(7-11-27)30-15-22-12-23(16-30)14-24(13-22)17-30/h4-11,20,22-24H,12-19H2,1-3H3,(H,32,36). The Balaban J connectivity index is 1.38. The highest BCUT2D eigenvalue weighted by Gasteiger charge is 2.51. The molecule has 2 aromatic carbocycles. The van der Waals surface area contributed by atoms with E-state index in [1.165, 1.54) is 56.0 Å². The van der Waals surface area contributed by atoms with Crippen molar-refractivity contribution in [3.8, 4) is 0 Å². The van der Waals surface area contributed by atoms with E-state index in [0.717, 1.165) is 33.9 Å². The molecule has 1 unspecified atom stereocenters. The maximum Gasteiger partial charge on any atom is 0.244 e. The predicted molar refractivity (Wildman–Crippen MR) is 154 cm³/mol. The Morgan fingerprint density at radius 1 is 0.974 bits per heavy atom. The van der Waals surface area contributed by atoms with Crippen LogP contribution in [0.25, 0.3) is 0 Å². The topological polar surface area (TPSA) is 86.8 Å². The molecule has 4 bridgehead atoms. The highest BCUT2D eigenvalue weighted by atomic mass is 35.5. The summed E-state index contributed by atoms with van der Waals surface area (Å²) < 4.78 is 27.0. The van der Waals surface area contributed by atoms with Crippen LogP contribution in [0.2, 0.25) is 5.02 Å². The molecule has 7 nitrogen and oxygen atoms in total. The molecule has 0 saturated heterocycles. The van der Waals surface area contributed by atoms with Crippen LogP contribution in [0.1, 0.15) is 56.6 Å². The third-order valence-electron chi connectivity index (χ3n) is 9.16. The molecule has 4 saturated carbocycles. The minimum atomic E-state index is -3.77. The van der Waals surface area contributed by atoms with Gasteiger partial charge in [-0.25, -0.2) is 8.42 Å². The van der Waals surface area contributed by atoms with Gasteiger partial charge in [0.1, 0.15) is 12.6 Å². The molecule has 2 aromatic rings. The lowest BCUT2D eigenvalue weighted by Crippen LogP contribution is -2.50. The van der Waals surface area contributed by atoms with E-state index >= 15 is 0 Å². The van der Waals surface area contributed by atoms with Crippen LogP contribution < -0.4 is 9.62 Å². The minimum Gasteiger partial charge on any atom is -0.357 e. The summed E-state index contributed by atoms with van der Waals surface area (Å²) in [6.07, 6.45) is 8.88. The number of amides is 2. The van der Waals surface area contributed by atoms with Crippen molar-refractivity contribution in [3.63, 3.8) is 0 Å². The average molecular weight is 572 g/mol. The third-order valence-corrected chi connectivity index (χ3v) is 10.6. The zero-order valence-electron chi connectivity index (χ0n) is 22.9. The second kappa shape index (κ2) is 10.8. The highest BCUT2D eigenvalue weighted by molar-refractivity contribution is 7.92. The Labute approximate surface area is 236 Å². The number of nitrogens with zero attached hydrogens (tertiary/aromatic N) is 2. The van der Waals surface area contributed by atoms with E-state index in [1.54, 1.807) is 31.2 Å². The van der Waals surface area contributed by atoms with Gasteiger partial charge in [-0.15, -0.1) is 0 Å². The summed E-state index contributed by atoms with van der Waals surface area (Å²) in [6, 6.07) is 14.1. The van der Waals surface area contributed by atoms with Gasteiger partial charge in [0.05, 0.1) is 11.9 Å². The van der Waals surface area contributed by atoms with Crippen LogP contribution >= 0.6 is 11.6 Å². The van der Waals surface area contributed by atoms with Crippen molar-refractivity contribution in [1.29, 1.82) is 0 Å². The summed E-state index contributed by atoms with van der Waals surface area (Å²) in [5.41, 5.74) is 2.74. The van der Waals surface area contributed by atoms with Crippen molar-refractivity contribution in [2.75, 3.05) is 24.2 Å². The van der Waals surface area contributed by atoms with Gasteiger partial charge in [0.2, 0.25) is 21.8 Å². The van der Waals surface area contributed by atoms with Crippen LogP contribution in [0.15, 0.2) is 48.5 Å². The van der Waals surface area contributed by atoms with Gasteiger partial charge in [-0.3, -0.25) is 13.9 Å². The molecule has 0 radical (unpaired) electrons. The zero-order valence-corrected chi connectivity index (χ0v) is 24.5. The number of likely N-dealkylation sites (N-methyl/N-ethyl adjacent to an activating group) is 1. The number of rotatable bonds is 9. The summed E-state index contributed by atoms with van der Waals surface area (Å²) in [5.74, 6) is 1.65. The van der Waals surface area contributed by atoms with Gasteiger partial charge in [-0.2, -0.15) is 0 Å². The van der Waals surface area contributed by atoms with Gasteiger partial charge < -0.3 is 10.2 Å². The summed E-state index contributed by atoms with van der Waals surface area (Å²) in [4.78, 5) is 27.5. The monoisotopic (exact) mass is 571 g/mol. The van der Waals surface area contributed by atoms with E-state index in [4.69, 9.17) is 11.6 Å². The van der Waals surface area contributed by atoms with Gasteiger partial charge >= 0.3 is 0 Å². The van der Waals surface area contributed by atoms with E-state index in [-0.39, 0.29) is 17.9 Å². The summed E-state index contributed by atoms with van der Waals surface area (Å²) in [5, 5.41) is 3.15. The normalized spacial score (nSPS) is 26.2. The van der Waals surface area contributed by atoms with Gasteiger partial charge in [-0.1, -0.05) is 35.9 Å². The molecule has 9 heteroatoms. The molecule has 1 atom stereocenters. The van der Waals surface area contributed by atoms with Crippen LogP contribution in [0.5, 0.6) is 0 Å². The maximum absolute atomic E-state index is 13.6. The smallest absolute Gasteiger partial charge is 0.244 e. The first-order valence-corrected chi connectivity index (χ1v) is 16.0. The molecule has 0 aromatic heterocycles. The fourth-order valence-electron chi connectivity index (χ4n) is 7.64. The number of hydrogen-bond donors (Lipinski definition) is 1. The molecular formula is C30H38ClN3O4S. The summed E-state index contributed by atoms with van der Waals surface area (Å²) >= 11 is 6.01. The van der Waals surface area contributed by atoms with Crippen LogP contribution in [-0.4, -0.2) is 51.0 Å². The van der Waals surface area contributed by atoms with E-state index in [0.29, 0.717) is 10.7 Å². The number of hydrogen-bond acceptors (Lipinski definition) is 4. The van der Waals surface area contributed by atoms with E-state index in [2.05, 4.69) is 17.4 Å². The molecule has 4 aliphatic rings. The molecule has 0 aliphatic heterocycles. The Hall–Kier alpha value is -2.58. The fraction of sp³-hybridized carbons (Fsp3) is 0.533. The first kappa shape index (κ1) is 28.0. The number of nitrogens with one attached hydrogen (secondary N) is 1. The van der Waals surface area contributed by atoms with Gasteiger partial charge in [0.15, 0.2) is 0 Å². The first-order valence-electron chi connectivity index (χ1n) is 13.8. The molecule has 210 valence electrons. The Morgan fingerprint density at radius 3 is 2.00 bits per heavy atom. The van der Waals surface area contributed by atoms with Crippen molar-refractivity contribution in [2.24, 2.45) is 17.8 Å². The highest BCUT2D eigenvalue weighted by Crippen LogP contribution is 2.60. The van der Waals surface area contributed by atoms with Crippen molar-refractivity contribution in [2.45, 2.75) is 63.5 Å². The van der Waals surface area contributed by atoms with E-state index in [1.807, 2.05) is 12.1 Å². The molecule has 1 N–H and O–H groups in total. The molecule has 0 spiro atoms. The number of anilines is 1. The molecule has 6 rings (SSSR count). The lowest BCUT2D eigenvalue weighted by Gasteiger charge is -2.57. The Kier molecular flexibility index (Phi) is 7.72. The third kappa shape index (κ3) is 5.82. The molecule has 4 fully saturated rings. The summed E-state index contributed by atoms with van der Waals surface area (Å²) in [7, 11) is -2.25. The quantitative estimate of drug-likeness (QED) is 0.471. The Bertz CT molecular complexity index is 1290. The molecule has 4 aliphatic carbocycles. The van der Waals surface area contributed by atoms with Crippen LogP contribution in [0.4, 0.5) is 5.69 Å². The number of halogens is 1. The minimum absolute atomic E-state index is 0.146. The largest absolute Gasteiger partial charge is 0.357 e. The van der Waals surface area contributed by atoms with Crippen molar-refractivity contribution in [3.05, 3.63) is 64.7 Å². The number of benzene rings is 2. The van der Waals surface area contributed by atoms with Gasteiger partial charge in [-0.05, 0) is 104 Å². The van der Waals surface area contributed by atoms with E-state index < -0.39 is 28.5 Å². The van der Waals surface area contributed by atoms with Crippen molar-refractivity contribution in [1.82, 2.24) is 10.2 Å². The number of carbonyl (C=O) groups excluding carboxylic acids is 2. The molecular weight excluding hydrogens is 534 g/mol. The van der Waals surface area contributed by atoms with Crippen LogP contribution in [-0.2, 0) is 31.6 Å². The second-order valence-corrected chi connectivity index (χ2v) is 14.3. The van der Waals surface area contributed by atoms with Crippen molar-refractivity contribution >= 4 is 39.1 Å². The lowest BCUT2D eigenvalue weighted by atomic mass is 9.48. The zero-order chi connectivity index (χ0) is 27.9.